The highest BCUT2D eigenvalue weighted by Gasteiger charge is 2.24. The predicted octanol–water partition coefficient (Wildman–Crippen LogP) is 1.63. The van der Waals surface area contributed by atoms with Crippen molar-refractivity contribution < 1.29 is 9.90 Å². The molecule has 0 radical (unpaired) electrons. The fraction of sp³-hybridized carbons (Fsp3) is 0.385. The van der Waals surface area contributed by atoms with E-state index in [1.807, 2.05) is 4.90 Å². The van der Waals surface area contributed by atoms with Crippen LogP contribution in [0.25, 0.3) is 0 Å². The number of carboxylic acid groups (broad SMARTS) is 1. The first-order valence-electron chi connectivity index (χ1n) is 5.59. The molecule has 0 atom stereocenters. The minimum atomic E-state index is -1.01. The van der Waals surface area contributed by atoms with Crippen molar-refractivity contribution in [2.24, 2.45) is 5.92 Å². The highest BCUT2D eigenvalue weighted by molar-refractivity contribution is 5.85. The third-order valence-electron chi connectivity index (χ3n) is 2.74. The Morgan fingerprint density at radius 1 is 1.59 bits per heavy atom. The predicted molar refractivity (Wildman–Crippen MR) is 65.0 cm³/mol. The summed E-state index contributed by atoms with van der Waals surface area (Å²) < 4.78 is 0. The Morgan fingerprint density at radius 3 is 2.94 bits per heavy atom. The first kappa shape index (κ1) is 11.5. The second-order valence-electron chi connectivity index (χ2n) is 4.21. The molecule has 0 saturated heterocycles. The molecule has 17 heavy (non-hydrogen) atoms. The second-order valence-corrected chi connectivity index (χ2v) is 4.21. The van der Waals surface area contributed by atoms with Gasteiger partial charge >= 0.3 is 5.97 Å². The Morgan fingerprint density at radius 2 is 2.35 bits per heavy atom. The van der Waals surface area contributed by atoms with Crippen LogP contribution in [0.1, 0.15) is 23.3 Å². The molecular weight excluding hydrogens is 216 g/mol. The number of carbonyl (C=O) groups is 1. The van der Waals surface area contributed by atoms with E-state index >= 15 is 0 Å². The summed E-state index contributed by atoms with van der Waals surface area (Å²) in [6.07, 6.45) is 7.77. The first-order valence-corrected chi connectivity index (χ1v) is 5.59. The number of aromatic nitrogens is 1. The van der Waals surface area contributed by atoms with Gasteiger partial charge in [0.2, 0.25) is 0 Å². The van der Waals surface area contributed by atoms with E-state index in [9.17, 15) is 4.79 Å². The third-order valence-corrected chi connectivity index (χ3v) is 2.74. The van der Waals surface area contributed by atoms with Crippen molar-refractivity contribution in [3.05, 3.63) is 23.9 Å². The molecule has 1 aliphatic carbocycles. The van der Waals surface area contributed by atoms with Crippen molar-refractivity contribution in [1.29, 1.82) is 0 Å². The summed E-state index contributed by atoms with van der Waals surface area (Å²) >= 11 is 0. The Bertz CT molecular complexity index is 461. The van der Waals surface area contributed by atoms with E-state index in [4.69, 9.17) is 11.5 Å². The maximum atomic E-state index is 10.8. The lowest BCUT2D eigenvalue weighted by Gasteiger charge is -2.21. The molecule has 1 heterocycles. The smallest absolute Gasteiger partial charge is 0.354 e. The minimum Gasteiger partial charge on any atom is -0.477 e. The zero-order chi connectivity index (χ0) is 12.3. The van der Waals surface area contributed by atoms with Crippen molar-refractivity contribution in [3.8, 4) is 12.3 Å². The van der Waals surface area contributed by atoms with Gasteiger partial charge in [-0.05, 0) is 30.9 Å². The number of nitrogens with zero attached hydrogens (tertiary/aromatic N) is 2. The molecule has 1 N–H and O–H groups in total. The lowest BCUT2D eigenvalue weighted by atomic mass is 10.3. The molecule has 1 saturated carbocycles. The van der Waals surface area contributed by atoms with E-state index in [-0.39, 0.29) is 5.69 Å². The molecule has 1 fully saturated rings. The van der Waals surface area contributed by atoms with Crippen LogP contribution in [0.3, 0.4) is 0 Å². The van der Waals surface area contributed by atoms with Crippen LogP contribution in [0.5, 0.6) is 0 Å². The molecule has 0 spiro atoms. The first-order chi connectivity index (χ1) is 8.20. The van der Waals surface area contributed by atoms with Gasteiger partial charge in [0, 0.05) is 6.54 Å². The zero-order valence-electron chi connectivity index (χ0n) is 9.47. The number of anilines is 1. The van der Waals surface area contributed by atoms with E-state index in [1.54, 1.807) is 12.1 Å². The molecule has 1 aromatic heterocycles. The van der Waals surface area contributed by atoms with Gasteiger partial charge in [-0.3, -0.25) is 0 Å². The van der Waals surface area contributed by atoms with Crippen LogP contribution in [0.2, 0.25) is 0 Å². The number of hydrogen-bond donors (Lipinski definition) is 1. The highest BCUT2D eigenvalue weighted by Crippen LogP contribution is 2.30. The van der Waals surface area contributed by atoms with E-state index < -0.39 is 5.97 Å². The number of terminal acetylenes is 1. The molecule has 4 nitrogen and oxygen atoms in total. The summed E-state index contributed by atoms with van der Waals surface area (Å²) in [6.45, 7) is 1.33. The molecule has 0 aromatic carbocycles. The van der Waals surface area contributed by atoms with Gasteiger partial charge in [0.25, 0.3) is 0 Å². The number of hydrogen-bond acceptors (Lipinski definition) is 3. The second kappa shape index (κ2) is 4.88. The quantitative estimate of drug-likeness (QED) is 0.781. The van der Waals surface area contributed by atoms with E-state index in [0.29, 0.717) is 18.3 Å². The van der Waals surface area contributed by atoms with Gasteiger partial charge in [-0.15, -0.1) is 6.42 Å². The standard InChI is InChI=1S/C13H14N2O2/c1-2-8-15(9-10-6-7-10)12-5-3-4-11(14-12)13(16)17/h1,3-5,10H,6-9H2,(H,16,17). The van der Waals surface area contributed by atoms with Crippen molar-refractivity contribution >= 4 is 11.8 Å². The van der Waals surface area contributed by atoms with Gasteiger partial charge in [0.05, 0.1) is 6.54 Å². The SMILES string of the molecule is C#CCN(CC1CC1)c1cccc(C(=O)O)n1. The fourth-order valence-corrected chi connectivity index (χ4v) is 1.68. The Labute approximate surface area is 100 Å². The van der Waals surface area contributed by atoms with Crippen molar-refractivity contribution in [2.45, 2.75) is 12.8 Å². The maximum Gasteiger partial charge on any atom is 0.354 e. The molecule has 1 aliphatic rings. The van der Waals surface area contributed by atoms with Crippen LogP contribution in [0, 0.1) is 18.3 Å². The van der Waals surface area contributed by atoms with E-state index in [1.165, 1.54) is 18.9 Å². The fourth-order valence-electron chi connectivity index (χ4n) is 1.68. The minimum absolute atomic E-state index is 0.0559. The topological polar surface area (TPSA) is 53.4 Å². The van der Waals surface area contributed by atoms with Crippen LogP contribution in [-0.2, 0) is 0 Å². The van der Waals surface area contributed by atoms with E-state index in [2.05, 4.69) is 10.9 Å². The number of aromatic carboxylic acids is 1. The average Bonchev–Trinajstić information content (AvgIpc) is 3.12. The lowest BCUT2D eigenvalue weighted by molar-refractivity contribution is 0.0690. The summed E-state index contributed by atoms with van der Waals surface area (Å²) in [6, 6.07) is 4.98. The Hall–Kier alpha value is -2.02. The largest absolute Gasteiger partial charge is 0.477 e. The summed E-state index contributed by atoms with van der Waals surface area (Å²) in [4.78, 5) is 16.9. The Balaban J connectivity index is 2.18. The number of rotatable bonds is 5. The molecule has 1 aromatic rings. The molecular formula is C13H14N2O2. The van der Waals surface area contributed by atoms with Crippen molar-refractivity contribution in [1.82, 2.24) is 4.98 Å². The van der Waals surface area contributed by atoms with Crippen LogP contribution in [0.4, 0.5) is 5.82 Å². The van der Waals surface area contributed by atoms with Gasteiger partial charge in [-0.2, -0.15) is 0 Å². The Kier molecular flexibility index (Phi) is 3.29. The summed E-state index contributed by atoms with van der Waals surface area (Å²) in [5.74, 6) is 2.90. The van der Waals surface area contributed by atoms with Crippen LogP contribution in [0.15, 0.2) is 18.2 Å². The monoisotopic (exact) mass is 230 g/mol. The van der Waals surface area contributed by atoms with Gasteiger partial charge in [0.15, 0.2) is 5.69 Å². The normalized spacial score (nSPS) is 14.1. The molecule has 0 unspecified atom stereocenters. The summed E-state index contributed by atoms with van der Waals surface area (Å²) in [7, 11) is 0. The molecule has 0 aliphatic heterocycles. The molecule has 4 heteroatoms. The van der Waals surface area contributed by atoms with Gasteiger partial charge < -0.3 is 10.0 Å². The van der Waals surface area contributed by atoms with Gasteiger partial charge in [-0.1, -0.05) is 12.0 Å². The van der Waals surface area contributed by atoms with Crippen molar-refractivity contribution in [3.63, 3.8) is 0 Å². The van der Waals surface area contributed by atoms with E-state index in [0.717, 1.165) is 6.54 Å². The average molecular weight is 230 g/mol. The zero-order valence-corrected chi connectivity index (χ0v) is 9.47. The van der Waals surface area contributed by atoms with Crippen molar-refractivity contribution in [2.75, 3.05) is 18.0 Å². The molecule has 2 rings (SSSR count). The molecule has 88 valence electrons. The van der Waals surface area contributed by atoms with Crippen LogP contribution in [-0.4, -0.2) is 29.1 Å². The third kappa shape index (κ3) is 2.97. The van der Waals surface area contributed by atoms with Gasteiger partial charge in [0.1, 0.15) is 5.82 Å². The van der Waals surface area contributed by atoms with Crippen LogP contribution < -0.4 is 4.90 Å². The number of carboxylic acids is 1. The maximum absolute atomic E-state index is 10.8. The summed E-state index contributed by atoms with van der Waals surface area (Å²) in [5.41, 5.74) is 0.0559. The molecule has 0 bridgehead atoms. The number of pyridine rings is 1. The van der Waals surface area contributed by atoms with Crippen LogP contribution >= 0.6 is 0 Å². The molecule has 0 amide bonds. The summed E-state index contributed by atoms with van der Waals surface area (Å²) in [5, 5.41) is 8.89. The lowest BCUT2D eigenvalue weighted by Crippen LogP contribution is -2.27. The van der Waals surface area contributed by atoms with Gasteiger partial charge in [-0.25, -0.2) is 9.78 Å². The highest BCUT2D eigenvalue weighted by atomic mass is 16.4.